The van der Waals surface area contributed by atoms with Gasteiger partial charge in [-0.2, -0.15) is 0 Å². The summed E-state index contributed by atoms with van der Waals surface area (Å²) in [6.07, 6.45) is 4.58. The number of para-hydroxylation sites is 1. The van der Waals surface area contributed by atoms with Crippen LogP contribution in [0.2, 0.25) is 5.02 Å². The molecule has 8 nitrogen and oxygen atoms in total. The Morgan fingerprint density at radius 2 is 1.94 bits per heavy atom. The number of carbonyl (C=O) groups is 2. The number of primary amides is 1. The van der Waals surface area contributed by atoms with Crippen molar-refractivity contribution in [1.82, 2.24) is 14.5 Å². The number of carbonyl (C=O) groups excluding carboxylic acids is 2. The van der Waals surface area contributed by atoms with Crippen LogP contribution >= 0.6 is 11.6 Å². The standard InChI is InChI=1S/C23H27ClN4O4/c24-16-2-1-3-17-18(16)28(21(30)26-17)15-4-5-27(11-15)22(31)32-19-13-6-12-7-14(19)10-23(8-12,9-13)20(25)29/h1-3,12-15,19H,4-11H2,(H2,25,29)(H,26,30)/t12?,13-,14?,15-,19?,23?/m0/s1. The maximum Gasteiger partial charge on any atom is 0.410 e. The quantitative estimate of drug-likeness (QED) is 0.736. The summed E-state index contributed by atoms with van der Waals surface area (Å²) in [5.74, 6) is 0.758. The molecule has 6 atom stereocenters. The number of nitrogens with one attached hydrogen (secondary N) is 1. The highest BCUT2D eigenvalue weighted by atomic mass is 35.5. The van der Waals surface area contributed by atoms with E-state index in [9.17, 15) is 14.4 Å². The molecule has 4 saturated carbocycles. The molecule has 2 amide bonds. The fourth-order valence-corrected chi connectivity index (χ4v) is 7.53. The van der Waals surface area contributed by atoms with Gasteiger partial charge in [0.15, 0.2) is 0 Å². The molecular weight excluding hydrogens is 432 g/mol. The number of likely N-dealkylation sites (tertiary alicyclic amines) is 1. The van der Waals surface area contributed by atoms with Gasteiger partial charge in [-0.1, -0.05) is 17.7 Å². The third-order valence-electron chi connectivity index (χ3n) is 8.42. The predicted molar refractivity (Wildman–Crippen MR) is 118 cm³/mol. The minimum Gasteiger partial charge on any atom is -0.446 e. The van der Waals surface area contributed by atoms with Crippen molar-refractivity contribution in [1.29, 1.82) is 0 Å². The number of rotatable bonds is 3. The van der Waals surface area contributed by atoms with Gasteiger partial charge in [-0.25, -0.2) is 9.59 Å². The van der Waals surface area contributed by atoms with Gasteiger partial charge in [0, 0.05) is 13.1 Å². The molecule has 1 aromatic carbocycles. The zero-order valence-corrected chi connectivity index (χ0v) is 18.5. The molecule has 3 N–H and O–H groups in total. The van der Waals surface area contributed by atoms with Crippen LogP contribution in [0, 0.1) is 23.2 Å². The van der Waals surface area contributed by atoms with E-state index in [1.165, 1.54) is 0 Å². The molecule has 170 valence electrons. The van der Waals surface area contributed by atoms with E-state index in [1.54, 1.807) is 21.6 Å². The molecule has 7 rings (SSSR count). The zero-order chi connectivity index (χ0) is 22.2. The van der Waals surface area contributed by atoms with Crippen LogP contribution in [0.4, 0.5) is 4.79 Å². The van der Waals surface area contributed by atoms with Crippen LogP contribution in [0.1, 0.15) is 44.6 Å². The molecule has 1 aromatic heterocycles. The van der Waals surface area contributed by atoms with Crippen molar-refractivity contribution in [2.45, 2.75) is 50.7 Å². The average molecular weight is 459 g/mol. The summed E-state index contributed by atoms with van der Waals surface area (Å²) in [6, 6.07) is 5.24. The van der Waals surface area contributed by atoms with E-state index in [2.05, 4.69) is 4.98 Å². The van der Waals surface area contributed by atoms with Crippen molar-refractivity contribution in [3.8, 4) is 0 Å². The van der Waals surface area contributed by atoms with Crippen LogP contribution in [0.3, 0.4) is 0 Å². The third-order valence-corrected chi connectivity index (χ3v) is 8.73. The molecule has 1 aliphatic heterocycles. The number of hydrogen-bond acceptors (Lipinski definition) is 4. The first-order chi connectivity index (χ1) is 15.3. The zero-order valence-electron chi connectivity index (χ0n) is 17.8. The first-order valence-electron chi connectivity index (χ1n) is 11.5. The topological polar surface area (TPSA) is 110 Å². The fourth-order valence-electron chi connectivity index (χ4n) is 7.27. The number of imidazole rings is 1. The van der Waals surface area contributed by atoms with Crippen molar-refractivity contribution < 1.29 is 14.3 Å². The molecule has 2 aromatic rings. The van der Waals surface area contributed by atoms with Crippen LogP contribution in [0.5, 0.6) is 0 Å². The van der Waals surface area contributed by atoms with Gasteiger partial charge in [0.1, 0.15) is 6.10 Å². The van der Waals surface area contributed by atoms with E-state index in [-0.39, 0.29) is 41.7 Å². The second kappa shape index (κ2) is 7.01. The molecule has 4 bridgehead atoms. The van der Waals surface area contributed by atoms with Gasteiger partial charge in [-0.05, 0) is 68.4 Å². The summed E-state index contributed by atoms with van der Waals surface area (Å²) in [5, 5.41) is 0.513. The normalized spacial score (nSPS) is 35.5. The van der Waals surface area contributed by atoms with Gasteiger partial charge in [0.2, 0.25) is 5.91 Å². The molecule has 5 fully saturated rings. The van der Waals surface area contributed by atoms with Gasteiger partial charge < -0.3 is 20.4 Å². The molecule has 2 heterocycles. The van der Waals surface area contributed by atoms with Crippen molar-refractivity contribution in [2.75, 3.05) is 13.1 Å². The van der Waals surface area contributed by atoms with Gasteiger partial charge in [0.25, 0.3) is 0 Å². The van der Waals surface area contributed by atoms with Crippen molar-refractivity contribution in [3.05, 3.63) is 33.7 Å². The molecule has 4 aliphatic carbocycles. The van der Waals surface area contributed by atoms with E-state index in [0.29, 0.717) is 41.5 Å². The Bertz CT molecular complexity index is 1160. The van der Waals surface area contributed by atoms with Crippen molar-refractivity contribution >= 4 is 34.6 Å². The van der Waals surface area contributed by atoms with E-state index >= 15 is 0 Å². The average Bonchev–Trinajstić information content (AvgIpc) is 3.34. The summed E-state index contributed by atoms with van der Waals surface area (Å²) in [6.45, 7) is 0.940. The number of H-pyrrole nitrogens is 1. The van der Waals surface area contributed by atoms with Crippen molar-refractivity contribution in [2.24, 2.45) is 28.9 Å². The Morgan fingerprint density at radius 1 is 1.19 bits per heavy atom. The first-order valence-corrected chi connectivity index (χ1v) is 11.9. The molecule has 32 heavy (non-hydrogen) atoms. The van der Waals surface area contributed by atoms with Crippen LogP contribution in [0.15, 0.2) is 23.0 Å². The van der Waals surface area contributed by atoms with Gasteiger partial charge in [-0.3, -0.25) is 9.36 Å². The summed E-state index contributed by atoms with van der Waals surface area (Å²) in [5.41, 5.74) is 6.53. The molecular formula is C23H27ClN4O4. The second-order valence-corrected chi connectivity index (χ2v) is 10.7. The number of ether oxygens (including phenoxy) is 1. The second-order valence-electron chi connectivity index (χ2n) is 10.3. The summed E-state index contributed by atoms with van der Waals surface area (Å²) >= 11 is 6.37. The number of hydrogen-bond donors (Lipinski definition) is 2. The van der Waals surface area contributed by atoms with Crippen LogP contribution < -0.4 is 11.4 Å². The third kappa shape index (κ3) is 2.91. The summed E-state index contributed by atoms with van der Waals surface area (Å²) < 4.78 is 7.73. The maximum absolute atomic E-state index is 13.1. The smallest absolute Gasteiger partial charge is 0.410 e. The number of aromatic nitrogens is 2. The highest BCUT2D eigenvalue weighted by molar-refractivity contribution is 6.34. The number of amides is 2. The highest BCUT2D eigenvalue weighted by Crippen LogP contribution is 2.60. The number of benzene rings is 1. The number of halogens is 1. The Labute approximate surface area is 190 Å². The predicted octanol–water partition coefficient (Wildman–Crippen LogP) is 3.05. The lowest BCUT2D eigenvalue weighted by Gasteiger charge is -2.58. The Balaban J connectivity index is 1.17. The molecule has 4 unspecified atom stereocenters. The van der Waals surface area contributed by atoms with Crippen LogP contribution in [-0.2, 0) is 9.53 Å². The highest BCUT2D eigenvalue weighted by Gasteiger charge is 2.59. The summed E-state index contributed by atoms with van der Waals surface area (Å²) in [7, 11) is 0. The molecule has 0 spiro atoms. The molecule has 0 radical (unpaired) electrons. The van der Waals surface area contributed by atoms with E-state index in [0.717, 1.165) is 32.1 Å². The largest absolute Gasteiger partial charge is 0.446 e. The van der Waals surface area contributed by atoms with Gasteiger partial charge >= 0.3 is 11.8 Å². The molecule has 9 heteroatoms. The minimum atomic E-state index is -0.395. The number of nitrogens with zero attached hydrogens (tertiary/aromatic N) is 2. The number of fused-ring (bicyclic) bond motifs is 1. The minimum absolute atomic E-state index is 0.143. The number of aromatic amines is 1. The van der Waals surface area contributed by atoms with Crippen LogP contribution in [0.25, 0.3) is 11.0 Å². The Morgan fingerprint density at radius 3 is 2.66 bits per heavy atom. The van der Waals surface area contributed by atoms with E-state index < -0.39 is 5.41 Å². The first kappa shape index (κ1) is 20.1. The van der Waals surface area contributed by atoms with Crippen LogP contribution in [-0.4, -0.2) is 45.6 Å². The van der Waals surface area contributed by atoms with Gasteiger partial charge in [0.05, 0.1) is 27.5 Å². The van der Waals surface area contributed by atoms with E-state index in [1.807, 2.05) is 6.07 Å². The Hall–Kier alpha value is -2.48. The van der Waals surface area contributed by atoms with Gasteiger partial charge in [-0.15, -0.1) is 0 Å². The summed E-state index contributed by atoms with van der Waals surface area (Å²) in [4.78, 5) is 42.4. The molecule has 5 aliphatic rings. The monoisotopic (exact) mass is 458 g/mol. The fraction of sp³-hybridized carbons (Fsp3) is 0.609. The maximum atomic E-state index is 13.1. The van der Waals surface area contributed by atoms with Crippen molar-refractivity contribution in [3.63, 3.8) is 0 Å². The van der Waals surface area contributed by atoms with E-state index in [4.69, 9.17) is 22.1 Å². The SMILES string of the molecule is NC(=O)C12CC3CC(C1)C(OC(=O)N1CC[C@H](n4c(=O)[nH]c5cccc(Cl)c54)C1)[C@@H](C3)C2. The Kier molecular flexibility index (Phi) is 4.41. The lowest BCUT2D eigenvalue weighted by Crippen LogP contribution is -2.59. The number of nitrogens with two attached hydrogens (primary N) is 1. The lowest BCUT2D eigenvalue weighted by atomic mass is 9.48. The molecule has 1 saturated heterocycles. The lowest BCUT2D eigenvalue weighted by molar-refractivity contribution is -0.161.